The summed E-state index contributed by atoms with van der Waals surface area (Å²) in [5.74, 6) is 4.84. The van der Waals surface area contributed by atoms with Crippen molar-refractivity contribution in [2.75, 3.05) is 39.3 Å². The summed E-state index contributed by atoms with van der Waals surface area (Å²) in [6, 6.07) is 24.3. The maximum Gasteiger partial charge on any atom is 0.411 e. The second-order valence-electron chi connectivity index (χ2n) is 16.3. The van der Waals surface area contributed by atoms with Crippen LogP contribution in [0.1, 0.15) is 58.2 Å². The fraction of sp³-hybridized carbons (Fsp3) is 0.432. The van der Waals surface area contributed by atoms with Gasteiger partial charge >= 0.3 is 24.4 Å². The van der Waals surface area contributed by atoms with E-state index in [-0.39, 0.29) is 49.9 Å². The number of aryl methyl sites for hydroxylation is 1. The van der Waals surface area contributed by atoms with Crippen molar-refractivity contribution in [3.63, 3.8) is 0 Å². The lowest BCUT2D eigenvalue weighted by atomic mass is 10.1. The van der Waals surface area contributed by atoms with Gasteiger partial charge in [-0.2, -0.15) is 4.83 Å². The van der Waals surface area contributed by atoms with Crippen LogP contribution in [0.5, 0.6) is 0 Å². The quantitative estimate of drug-likeness (QED) is 0.0876. The minimum Gasteiger partial charge on any atom is -0.445 e. The van der Waals surface area contributed by atoms with Crippen LogP contribution < -0.4 is 10.7 Å². The predicted molar refractivity (Wildman–Crippen MR) is 232 cm³/mol. The summed E-state index contributed by atoms with van der Waals surface area (Å²) in [6.45, 7) is 18.5. The number of benzene rings is 3. The number of hydrogen-bond donors (Lipinski definition) is 2. The number of aldehydes is 1. The van der Waals surface area contributed by atoms with Gasteiger partial charge in [0.15, 0.2) is 0 Å². The summed E-state index contributed by atoms with van der Waals surface area (Å²) >= 11 is 0. The molecule has 5 rings (SSSR count). The third-order valence-corrected chi connectivity index (χ3v) is 10.1. The van der Waals surface area contributed by atoms with Crippen LogP contribution in [0, 0.1) is 6.92 Å². The van der Waals surface area contributed by atoms with Gasteiger partial charge in [-0.05, 0) is 71.7 Å². The first kappa shape index (κ1) is 50.4. The molecule has 2 unspecified atom stereocenters. The largest absolute Gasteiger partial charge is 0.445 e. The number of sulfonamides is 1. The van der Waals surface area contributed by atoms with Crippen LogP contribution in [0.15, 0.2) is 102 Å². The molecule has 4 amide bonds. The molecule has 3 aromatic carbocycles. The number of hydrogen-bond acceptors (Lipinski definition) is 12. The summed E-state index contributed by atoms with van der Waals surface area (Å²) in [6.07, 6.45) is 0.469. The van der Waals surface area contributed by atoms with Crippen LogP contribution in [0.3, 0.4) is 0 Å². The number of nitrogens with two attached hydrogens (primary N) is 1. The molecule has 18 heteroatoms. The number of ether oxygens (including phenoxy) is 4. The standard InChI is InChI=1S/C19H26N2O4.C18H24N2O5.C7H10N2O2S/c1-5-16-13-20(11-12-21(16)18(23)25-19(2,3)4)17(22)24-14-15-9-7-6-8-10-15;1-18(2,3)25-17(23)20-10-9-19(11-15(20)12-21)16(22)24-13-14-7-5-4-6-8-14;1-6-2-4-7(5-3-6)12(10,11)9-8/h5-10,16H,1,11-14H2,2-4H3;4-8,12,15H,9-11,13H2,1-3H3;2-5,9H,8H2,1H3. The van der Waals surface area contributed by atoms with Crippen molar-refractivity contribution in [2.45, 2.75) is 89.9 Å². The van der Waals surface area contributed by atoms with Gasteiger partial charge in [0.1, 0.15) is 36.7 Å². The van der Waals surface area contributed by atoms with E-state index < -0.39 is 45.5 Å². The summed E-state index contributed by atoms with van der Waals surface area (Å²) in [5.41, 5.74) is 1.62. The second-order valence-corrected chi connectivity index (χ2v) is 18.0. The average Bonchev–Trinajstić information content (AvgIpc) is 3.24. The van der Waals surface area contributed by atoms with Crippen LogP contribution in [0.4, 0.5) is 19.2 Å². The lowest BCUT2D eigenvalue weighted by Gasteiger charge is -2.39. The minimum absolute atomic E-state index is 0.0936. The molecule has 0 radical (unpaired) electrons. The molecular weight excluding hydrogens is 821 g/mol. The number of amides is 4. The van der Waals surface area contributed by atoms with Gasteiger partial charge in [0, 0.05) is 32.7 Å². The smallest absolute Gasteiger partial charge is 0.411 e. The van der Waals surface area contributed by atoms with E-state index in [9.17, 15) is 32.4 Å². The summed E-state index contributed by atoms with van der Waals surface area (Å²) < 4.78 is 43.5. The topological polar surface area (TPSA) is 207 Å². The number of carbonyl (C=O) groups is 5. The Morgan fingerprint density at radius 2 is 1.08 bits per heavy atom. The molecule has 2 saturated heterocycles. The van der Waals surface area contributed by atoms with Gasteiger partial charge in [-0.25, -0.2) is 27.6 Å². The molecule has 2 atom stereocenters. The van der Waals surface area contributed by atoms with E-state index >= 15 is 0 Å². The molecule has 0 spiro atoms. The summed E-state index contributed by atoms with van der Waals surface area (Å²) in [7, 11) is -3.49. The fourth-order valence-corrected chi connectivity index (χ4v) is 6.40. The Morgan fingerprint density at radius 3 is 1.45 bits per heavy atom. The van der Waals surface area contributed by atoms with Crippen molar-refractivity contribution in [2.24, 2.45) is 5.84 Å². The van der Waals surface area contributed by atoms with E-state index in [1.807, 2.05) is 88.4 Å². The highest BCUT2D eigenvalue weighted by molar-refractivity contribution is 7.89. The number of carbonyl (C=O) groups excluding carboxylic acids is 5. The van der Waals surface area contributed by atoms with Gasteiger partial charge in [0.25, 0.3) is 10.0 Å². The van der Waals surface area contributed by atoms with Gasteiger partial charge in [0.2, 0.25) is 0 Å². The van der Waals surface area contributed by atoms with Gasteiger partial charge in [-0.1, -0.05) is 84.4 Å². The first-order valence-corrected chi connectivity index (χ1v) is 21.4. The molecule has 0 aliphatic carbocycles. The molecule has 3 N–H and O–H groups in total. The number of nitrogens with zero attached hydrogens (tertiary/aromatic N) is 4. The van der Waals surface area contributed by atoms with Gasteiger partial charge in [0.05, 0.1) is 17.5 Å². The minimum atomic E-state index is -3.49. The average molecular weight is 881 g/mol. The van der Waals surface area contributed by atoms with Crippen molar-refractivity contribution in [1.29, 1.82) is 0 Å². The second kappa shape index (κ2) is 23.3. The Labute approximate surface area is 364 Å². The molecule has 2 aliphatic heterocycles. The number of rotatable bonds is 8. The van der Waals surface area contributed by atoms with Crippen LogP contribution >= 0.6 is 0 Å². The van der Waals surface area contributed by atoms with Crippen molar-refractivity contribution in [3.8, 4) is 0 Å². The summed E-state index contributed by atoms with van der Waals surface area (Å²) in [4.78, 5) is 68.2. The number of hydrazine groups is 1. The first-order valence-electron chi connectivity index (χ1n) is 19.9. The third-order valence-electron chi connectivity index (χ3n) is 8.94. The number of piperazine rings is 2. The Hall–Kier alpha value is -5.98. The van der Waals surface area contributed by atoms with E-state index in [1.54, 1.807) is 53.6 Å². The lowest BCUT2D eigenvalue weighted by molar-refractivity contribution is -0.114. The zero-order valence-electron chi connectivity index (χ0n) is 36.5. The predicted octanol–water partition coefficient (Wildman–Crippen LogP) is 6.02. The first-order chi connectivity index (χ1) is 29.2. The van der Waals surface area contributed by atoms with Crippen molar-refractivity contribution < 1.29 is 51.3 Å². The third kappa shape index (κ3) is 16.8. The van der Waals surface area contributed by atoms with Crippen LogP contribution in [0.25, 0.3) is 0 Å². The molecule has 338 valence electrons. The molecule has 2 fully saturated rings. The van der Waals surface area contributed by atoms with Gasteiger partial charge in [-0.15, -0.1) is 6.58 Å². The van der Waals surface area contributed by atoms with E-state index in [4.69, 9.17) is 24.8 Å². The molecule has 3 aromatic rings. The van der Waals surface area contributed by atoms with Gasteiger partial charge in [-0.3, -0.25) is 15.6 Å². The monoisotopic (exact) mass is 880 g/mol. The van der Waals surface area contributed by atoms with Crippen LogP contribution in [-0.4, -0.2) is 121 Å². The van der Waals surface area contributed by atoms with Crippen LogP contribution in [0.2, 0.25) is 0 Å². The SMILES string of the molecule is C=CC1CN(C(=O)OCc2ccccc2)CCN1C(=O)OC(C)(C)C.CC(C)(C)OC(=O)N1CCN(C(=O)OCc2ccccc2)CC1C=O.Cc1ccc(S(=O)(=O)NN)cc1. The van der Waals surface area contributed by atoms with E-state index in [2.05, 4.69) is 6.58 Å². The Balaban J connectivity index is 0.000000263. The molecular formula is C44H60N6O11S. The Kier molecular flexibility index (Phi) is 18.9. The van der Waals surface area contributed by atoms with Gasteiger partial charge < -0.3 is 33.5 Å². The van der Waals surface area contributed by atoms with Crippen molar-refractivity contribution >= 4 is 40.7 Å². The molecule has 0 bridgehead atoms. The summed E-state index contributed by atoms with van der Waals surface area (Å²) in [5, 5.41) is 0. The normalized spacial score (nSPS) is 16.6. The van der Waals surface area contributed by atoms with E-state index in [0.717, 1.165) is 16.7 Å². The maximum absolute atomic E-state index is 12.3. The van der Waals surface area contributed by atoms with E-state index in [0.29, 0.717) is 25.9 Å². The molecule has 62 heavy (non-hydrogen) atoms. The zero-order chi connectivity index (χ0) is 46.1. The van der Waals surface area contributed by atoms with Crippen LogP contribution in [-0.2, 0) is 47.0 Å². The maximum atomic E-state index is 12.3. The highest BCUT2D eigenvalue weighted by atomic mass is 32.2. The molecule has 0 aromatic heterocycles. The Morgan fingerprint density at radius 1 is 0.677 bits per heavy atom. The highest BCUT2D eigenvalue weighted by Gasteiger charge is 2.36. The Bertz CT molecular complexity index is 1930. The van der Waals surface area contributed by atoms with E-state index in [1.165, 1.54) is 21.9 Å². The van der Waals surface area contributed by atoms with Crippen molar-refractivity contribution in [3.05, 3.63) is 114 Å². The highest BCUT2D eigenvalue weighted by Crippen LogP contribution is 2.19. The number of nitrogens with one attached hydrogen (secondary N) is 1. The molecule has 17 nitrogen and oxygen atoms in total. The molecule has 2 heterocycles. The fourth-order valence-electron chi connectivity index (χ4n) is 5.77. The lowest BCUT2D eigenvalue weighted by Crippen LogP contribution is -2.58. The zero-order valence-corrected chi connectivity index (χ0v) is 37.3. The van der Waals surface area contributed by atoms with Crippen molar-refractivity contribution in [1.82, 2.24) is 24.4 Å². The molecule has 0 saturated carbocycles. The molecule has 2 aliphatic rings.